The van der Waals surface area contributed by atoms with Gasteiger partial charge in [0.25, 0.3) is 0 Å². The number of amides is 3. The van der Waals surface area contributed by atoms with Gasteiger partial charge in [0.05, 0.1) is 28.3 Å². The van der Waals surface area contributed by atoms with E-state index in [0.29, 0.717) is 32.2 Å². The fourth-order valence-electron chi connectivity index (χ4n) is 12.7. The van der Waals surface area contributed by atoms with E-state index in [9.17, 15) is 27.6 Å². The largest absolute Gasteiger partial charge is 0.345 e. The van der Waals surface area contributed by atoms with Crippen molar-refractivity contribution in [3.05, 3.63) is 12.7 Å². The Labute approximate surface area is 348 Å². The molecule has 3 amide bonds. The molecular weight excluding hydrogens is 753 g/mol. The molecule has 12 heteroatoms. The zero-order valence-electron chi connectivity index (χ0n) is 36.6. The number of allylic oxidation sites excluding steroid dienone is 1. The van der Waals surface area contributed by atoms with Gasteiger partial charge in [-0.25, -0.2) is 8.42 Å². The summed E-state index contributed by atoms with van der Waals surface area (Å²) in [6, 6.07) is -1.73. The maximum absolute atomic E-state index is 15.3. The molecule has 0 aromatic rings. The lowest BCUT2D eigenvalue weighted by atomic mass is 9.73. The number of nitrogens with one attached hydrogen (secondary N) is 2. The maximum atomic E-state index is 15.3. The summed E-state index contributed by atoms with van der Waals surface area (Å²) >= 11 is 0. The van der Waals surface area contributed by atoms with Crippen LogP contribution in [0.2, 0.25) is 0 Å². The Bertz CT molecular complexity index is 1800. The molecule has 7 aliphatic rings. The number of Topliss-reactive ketones (excluding diaryl/α,β-unsaturated/α-hetero) is 2. The van der Waals surface area contributed by atoms with Crippen LogP contribution in [-0.4, -0.2) is 90.0 Å². The van der Waals surface area contributed by atoms with Gasteiger partial charge in [-0.15, -0.1) is 6.58 Å². The summed E-state index contributed by atoms with van der Waals surface area (Å²) in [7, 11) is -3.92. The van der Waals surface area contributed by atoms with E-state index in [0.717, 1.165) is 83.7 Å². The molecule has 5 saturated carbocycles. The summed E-state index contributed by atoms with van der Waals surface area (Å²) in [6.45, 7) is 20.1. The fraction of sp³-hybridized carbons (Fsp3) is 0.848. The number of likely N-dealkylation sites (N-methyl/N-ethyl adjacent to an activating group) is 1. The molecule has 7 fully saturated rings. The minimum absolute atomic E-state index is 0.0136. The number of hydrogen-bond acceptors (Lipinski definition) is 8. The molecule has 324 valence electrons. The van der Waals surface area contributed by atoms with Crippen molar-refractivity contribution in [3.63, 3.8) is 0 Å². The zero-order chi connectivity index (χ0) is 42.3. The molecule has 0 aromatic carbocycles. The van der Waals surface area contributed by atoms with Crippen LogP contribution in [0.25, 0.3) is 0 Å². The quantitative estimate of drug-likeness (QED) is 0.178. The monoisotopic (exact) mass is 825 g/mol. The second-order valence-electron chi connectivity index (χ2n) is 21.7. The number of rotatable bonds is 15. The van der Waals surface area contributed by atoms with Crippen molar-refractivity contribution < 1.29 is 32.4 Å². The van der Waals surface area contributed by atoms with E-state index in [2.05, 4.69) is 42.3 Å². The van der Waals surface area contributed by atoms with Crippen LogP contribution in [0.1, 0.15) is 158 Å². The van der Waals surface area contributed by atoms with Gasteiger partial charge >= 0.3 is 0 Å². The van der Waals surface area contributed by atoms with E-state index < -0.39 is 49.5 Å². The summed E-state index contributed by atoms with van der Waals surface area (Å²) in [5, 5.41) is 3.26. The highest BCUT2D eigenvalue weighted by molar-refractivity contribution is 7.91. The van der Waals surface area contributed by atoms with Crippen molar-refractivity contribution in [3.8, 4) is 0 Å². The number of sulfonamides is 1. The SMILES string of the molecule is C=C[C@@H]1C[C@]1(CC(=O)[C@@H]1C[C@@]2(CN1C(=O)[C@@H](CC(=O)[C@@H](NC(=O)[C@@H]1CCCCN1CC)C1CCCCC1)C(C)(C)C)C(C)(C)C21CCC1)C(=O)NS(=O)(=O)C1(C)CC1. The molecule has 7 atom stereocenters. The van der Waals surface area contributed by atoms with Gasteiger partial charge in [-0.2, -0.15) is 0 Å². The summed E-state index contributed by atoms with van der Waals surface area (Å²) < 4.78 is 27.7. The van der Waals surface area contributed by atoms with Crippen LogP contribution in [0, 0.1) is 44.8 Å². The number of likely N-dealkylation sites (tertiary alicyclic amines) is 2. The molecule has 2 heterocycles. The number of ketones is 2. The molecule has 0 radical (unpaired) electrons. The van der Waals surface area contributed by atoms with Gasteiger partial charge in [0.2, 0.25) is 27.7 Å². The number of nitrogens with zero attached hydrogens (tertiary/aromatic N) is 2. The third-order valence-electron chi connectivity index (χ3n) is 17.5. The van der Waals surface area contributed by atoms with Gasteiger partial charge in [0, 0.05) is 30.7 Å². The zero-order valence-corrected chi connectivity index (χ0v) is 37.4. The van der Waals surface area contributed by atoms with Crippen LogP contribution in [0.4, 0.5) is 0 Å². The molecule has 11 nitrogen and oxygen atoms in total. The fourth-order valence-corrected chi connectivity index (χ4v) is 14.0. The first-order valence-electron chi connectivity index (χ1n) is 22.7. The molecule has 2 spiro atoms. The normalized spacial score (nSPS) is 33.4. The predicted octanol–water partition coefficient (Wildman–Crippen LogP) is 6.49. The number of piperidine rings is 1. The molecule has 5 aliphatic carbocycles. The van der Waals surface area contributed by atoms with Crippen LogP contribution >= 0.6 is 0 Å². The molecule has 7 rings (SSSR count). The minimum Gasteiger partial charge on any atom is -0.345 e. The number of hydrogen-bond donors (Lipinski definition) is 2. The molecule has 0 unspecified atom stereocenters. The average Bonchev–Trinajstić information content (AvgIpc) is 4.09. The molecule has 58 heavy (non-hydrogen) atoms. The van der Waals surface area contributed by atoms with Gasteiger partial charge in [0.1, 0.15) is 0 Å². The Morgan fingerprint density at radius 2 is 1.52 bits per heavy atom. The van der Waals surface area contributed by atoms with Crippen LogP contribution in [0.3, 0.4) is 0 Å². The van der Waals surface area contributed by atoms with E-state index in [1.807, 2.05) is 20.8 Å². The minimum atomic E-state index is -3.92. The molecule has 0 aromatic heterocycles. The highest BCUT2D eigenvalue weighted by Gasteiger charge is 2.85. The second kappa shape index (κ2) is 15.1. The van der Waals surface area contributed by atoms with Gasteiger partial charge in [0.15, 0.2) is 11.6 Å². The van der Waals surface area contributed by atoms with Crippen LogP contribution < -0.4 is 10.0 Å². The lowest BCUT2D eigenvalue weighted by Crippen LogP contribution is -2.56. The Balaban J connectivity index is 1.16. The van der Waals surface area contributed by atoms with Gasteiger partial charge < -0.3 is 10.2 Å². The summed E-state index contributed by atoms with van der Waals surface area (Å²) in [4.78, 5) is 76.8. The van der Waals surface area contributed by atoms with Crippen molar-refractivity contribution in [2.45, 2.75) is 180 Å². The van der Waals surface area contributed by atoms with Crippen molar-refractivity contribution in [1.29, 1.82) is 0 Å². The molecule has 2 saturated heterocycles. The second-order valence-corrected chi connectivity index (χ2v) is 23.9. The summed E-state index contributed by atoms with van der Waals surface area (Å²) in [5.41, 5.74) is -2.18. The van der Waals surface area contributed by atoms with Crippen molar-refractivity contribution in [1.82, 2.24) is 19.8 Å². The standard InChI is InChI=1S/C46H72N4O7S/c1-9-31-26-44(31,40(55)48-58(56,57)43(8)22-23-43)28-36(52)34-27-46(42(6,7)45(46)20-16-21-45)29-50(34)39(54)32(41(3,4)5)25-35(51)37(30-17-12-11-13-18-30)47-38(53)33-19-14-15-24-49(33)10-2/h9,30-34,37H,1,10-29H2,2-8H3,(H,47,53)(H,48,55)/t31-,32-,33+,34+,37+,44-,46-/m1/s1. The number of carbonyl (C=O) groups is 5. The van der Waals surface area contributed by atoms with Gasteiger partial charge in [-0.1, -0.05) is 79.7 Å². The summed E-state index contributed by atoms with van der Waals surface area (Å²) in [6.07, 6.45) is 14.1. The average molecular weight is 825 g/mol. The maximum Gasteiger partial charge on any atom is 0.240 e. The number of carbonyl (C=O) groups excluding carboxylic acids is 5. The van der Waals surface area contributed by atoms with Gasteiger partial charge in [-0.05, 0) is 112 Å². The van der Waals surface area contributed by atoms with E-state index >= 15 is 4.79 Å². The first kappa shape index (κ1) is 43.5. The first-order valence-corrected chi connectivity index (χ1v) is 24.2. The van der Waals surface area contributed by atoms with Crippen LogP contribution in [0.15, 0.2) is 12.7 Å². The Morgan fingerprint density at radius 1 is 0.862 bits per heavy atom. The van der Waals surface area contributed by atoms with Gasteiger partial charge in [-0.3, -0.25) is 33.6 Å². The number of fused-ring (bicyclic) bond motifs is 1. The lowest BCUT2D eigenvalue weighted by molar-refractivity contribution is -0.147. The third kappa shape index (κ3) is 7.03. The Hall–Kier alpha value is -2.60. The van der Waals surface area contributed by atoms with Crippen LogP contribution in [0.5, 0.6) is 0 Å². The molecule has 2 aliphatic heterocycles. The van der Waals surface area contributed by atoms with E-state index in [-0.39, 0.29) is 70.3 Å². The summed E-state index contributed by atoms with van der Waals surface area (Å²) in [5.74, 6) is -2.37. The smallest absolute Gasteiger partial charge is 0.240 e. The molecule has 2 N–H and O–H groups in total. The predicted molar refractivity (Wildman–Crippen MR) is 224 cm³/mol. The Morgan fingerprint density at radius 3 is 2.05 bits per heavy atom. The Kier molecular flexibility index (Phi) is 11.3. The van der Waals surface area contributed by atoms with Crippen molar-refractivity contribution in [2.75, 3.05) is 19.6 Å². The lowest BCUT2D eigenvalue weighted by Gasteiger charge is -2.38. The molecular formula is C46H72N4O7S. The first-order chi connectivity index (χ1) is 27.1. The van der Waals surface area contributed by atoms with Crippen molar-refractivity contribution in [2.24, 2.45) is 44.8 Å². The van der Waals surface area contributed by atoms with Crippen molar-refractivity contribution >= 4 is 39.3 Å². The highest BCUT2D eigenvalue weighted by atomic mass is 32.2. The molecule has 0 bridgehead atoms. The highest BCUT2D eigenvalue weighted by Crippen LogP contribution is 2.88. The van der Waals surface area contributed by atoms with E-state index in [1.165, 1.54) is 0 Å². The topological polar surface area (TPSA) is 150 Å². The van der Waals surface area contributed by atoms with E-state index in [4.69, 9.17) is 0 Å². The van der Waals surface area contributed by atoms with E-state index in [1.54, 1.807) is 17.9 Å². The van der Waals surface area contributed by atoms with Crippen LogP contribution in [-0.2, 0) is 34.0 Å². The third-order valence-corrected chi connectivity index (χ3v) is 19.7.